The Balaban J connectivity index is 2.98. The summed E-state index contributed by atoms with van der Waals surface area (Å²) in [5.74, 6) is 0.355. The maximum atomic E-state index is 11.5. The highest BCUT2D eigenvalue weighted by Gasteiger charge is 2.21. The third-order valence-electron chi connectivity index (χ3n) is 1.63. The molecule has 0 radical (unpaired) electrons. The molecule has 0 aliphatic carbocycles. The second-order valence-corrected chi connectivity index (χ2v) is 4.93. The van der Waals surface area contributed by atoms with Crippen molar-refractivity contribution in [1.29, 1.82) is 0 Å². The van der Waals surface area contributed by atoms with Crippen LogP contribution < -0.4 is 5.48 Å². The molecule has 0 atom stereocenters. The molecule has 14 heavy (non-hydrogen) atoms. The molecular weight excluding hydrogens is 208 g/mol. The lowest BCUT2D eigenvalue weighted by Crippen LogP contribution is -2.21. The van der Waals surface area contributed by atoms with Crippen LogP contribution in [-0.4, -0.2) is 32.0 Å². The average molecular weight is 220 g/mol. The summed E-state index contributed by atoms with van der Waals surface area (Å²) in [6.07, 6.45) is 0. The van der Waals surface area contributed by atoms with Gasteiger partial charge >= 0.3 is 0 Å². The third-order valence-corrected chi connectivity index (χ3v) is 3.31. The maximum Gasteiger partial charge on any atom is 0.275 e. The summed E-state index contributed by atoms with van der Waals surface area (Å²) >= 11 is 0. The SMILES string of the molecule is CN(C)S(=O)(=O)c1ccc(CNO)o1. The molecule has 0 fully saturated rings. The quantitative estimate of drug-likeness (QED) is 0.698. The normalized spacial score (nSPS) is 12.3. The van der Waals surface area contributed by atoms with Crippen LogP contribution >= 0.6 is 0 Å². The van der Waals surface area contributed by atoms with Crippen molar-refractivity contribution in [3.63, 3.8) is 0 Å². The van der Waals surface area contributed by atoms with E-state index in [1.165, 1.54) is 26.2 Å². The van der Waals surface area contributed by atoms with E-state index in [4.69, 9.17) is 9.62 Å². The van der Waals surface area contributed by atoms with E-state index in [9.17, 15) is 8.42 Å². The molecule has 0 unspecified atom stereocenters. The third kappa shape index (κ3) is 2.13. The number of hydrogen-bond acceptors (Lipinski definition) is 5. The van der Waals surface area contributed by atoms with E-state index in [1.807, 2.05) is 5.48 Å². The number of hydrogen-bond donors (Lipinski definition) is 2. The monoisotopic (exact) mass is 220 g/mol. The number of furan rings is 1. The van der Waals surface area contributed by atoms with Gasteiger partial charge in [0.15, 0.2) is 0 Å². The summed E-state index contributed by atoms with van der Waals surface area (Å²) in [5.41, 5.74) is 1.88. The Labute approximate surface area is 82.1 Å². The van der Waals surface area contributed by atoms with Crippen LogP contribution in [0.25, 0.3) is 0 Å². The molecule has 0 spiro atoms. The Hall–Kier alpha value is -0.890. The van der Waals surface area contributed by atoms with Crippen molar-refractivity contribution in [3.05, 3.63) is 17.9 Å². The minimum atomic E-state index is -3.52. The zero-order valence-electron chi connectivity index (χ0n) is 7.89. The van der Waals surface area contributed by atoms with Gasteiger partial charge < -0.3 is 9.62 Å². The standard InChI is InChI=1S/C7H12N2O4S/c1-9(2)14(11,12)7-4-3-6(13-7)5-8-10/h3-4,8,10H,5H2,1-2H3. The van der Waals surface area contributed by atoms with Gasteiger partial charge in [-0.2, -0.15) is 5.48 Å². The summed E-state index contributed by atoms with van der Waals surface area (Å²) in [6.45, 7) is 0.0724. The fourth-order valence-corrected chi connectivity index (χ4v) is 1.66. The molecule has 0 saturated carbocycles. The Morgan fingerprint density at radius 2 is 2.14 bits per heavy atom. The van der Waals surface area contributed by atoms with Crippen LogP contribution in [0.4, 0.5) is 0 Å². The summed E-state index contributed by atoms with van der Waals surface area (Å²) < 4.78 is 29.1. The van der Waals surface area contributed by atoms with Crippen LogP contribution in [0.15, 0.2) is 21.6 Å². The molecule has 0 bridgehead atoms. The first-order valence-electron chi connectivity index (χ1n) is 3.86. The fraction of sp³-hybridized carbons (Fsp3) is 0.429. The van der Waals surface area contributed by atoms with Crippen LogP contribution in [-0.2, 0) is 16.6 Å². The molecular formula is C7H12N2O4S. The van der Waals surface area contributed by atoms with E-state index in [1.54, 1.807) is 0 Å². The second kappa shape index (κ2) is 4.09. The molecule has 80 valence electrons. The predicted octanol–water partition coefficient (Wildman–Crippen LogP) is 0.00870. The van der Waals surface area contributed by atoms with E-state index in [-0.39, 0.29) is 11.6 Å². The van der Waals surface area contributed by atoms with Gasteiger partial charge in [0.25, 0.3) is 10.0 Å². The lowest BCUT2D eigenvalue weighted by atomic mass is 10.5. The number of sulfonamides is 1. The van der Waals surface area contributed by atoms with Crippen LogP contribution in [0.2, 0.25) is 0 Å². The number of nitrogens with one attached hydrogen (secondary N) is 1. The van der Waals surface area contributed by atoms with Gasteiger partial charge in [0.05, 0.1) is 6.54 Å². The first-order chi connectivity index (χ1) is 6.48. The molecule has 0 saturated heterocycles. The van der Waals surface area contributed by atoms with Crippen molar-refractivity contribution in [1.82, 2.24) is 9.79 Å². The zero-order chi connectivity index (χ0) is 10.8. The molecule has 0 aliphatic heterocycles. The molecule has 7 heteroatoms. The van der Waals surface area contributed by atoms with Gasteiger partial charge in [0.1, 0.15) is 5.76 Å². The van der Waals surface area contributed by atoms with E-state index in [0.717, 1.165) is 4.31 Å². The van der Waals surface area contributed by atoms with E-state index < -0.39 is 10.0 Å². The molecule has 6 nitrogen and oxygen atoms in total. The summed E-state index contributed by atoms with van der Waals surface area (Å²) in [5, 5.41) is 8.24. The van der Waals surface area contributed by atoms with Crippen LogP contribution in [0, 0.1) is 0 Å². The van der Waals surface area contributed by atoms with E-state index in [0.29, 0.717) is 5.76 Å². The smallest absolute Gasteiger partial charge is 0.275 e. The number of nitrogens with zero attached hydrogens (tertiary/aromatic N) is 1. The molecule has 1 aromatic rings. The molecule has 1 aromatic heterocycles. The highest BCUT2D eigenvalue weighted by atomic mass is 32.2. The van der Waals surface area contributed by atoms with Gasteiger partial charge in [0.2, 0.25) is 5.09 Å². The zero-order valence-corrected chi connectivity index (χ0v) is 8.71. The number of hydroxylamine groups is 1. The van der Waals surface area contributed by atoms with Gasteiger partial charge in [-0.3, -0.25) is 0 Å². The van der Waals surface area contributed by atoms with Crippen molar-refractivity contribution in [2.75, 3.05) is 14.1 Å². The van der Waals surface area contributed by atoms with Gasteiger partial charge in [-0.1, -0.05) is 0 Å². The van der Waals surface area contributed by atoms with Crippen molar-refractivity contribution in [3.8, 4) is 0 Å². The van der Waals surface area contributed by atoms with Gasteiger partial charge in [-0.05, 0) is 12.1 Å². The topological polar surface area (TPSA) is 82.8 Å². The van der Waals surface area contributed by atoms with E-state index >= 15 is 0 Å². The minimum absolute atomic E-state index is 0.0724. The van der Waals surface area contributed by atoms with Crippen molar-refractivity contribution < 1.29 is 18.0 Å². The molecule has 2 N–H and O–H groups in total. The van der Waals surface area contributed by atoms with Crippen LogP contribution in [0.3, 0.4) is 0 Å². The van der Waals surface area contributed by atoms with Gasteiger partial charge in [0, 0.05) is 14.1 Å². The van der Waals surface area contributed by atoms with Crippen LogP contribution in [0.5, 0.6) is 0 Å². The predicted molar refractivity (Wildman–Crippen MR) is 48.2 cm³/mol. The van der Waals surface area contributed by atoms with E-state index in [2.05, 4.69) is 0 Å². The lowest BCUT2D eigenvalue weighted by molar-refractivity contribution is 0.151. The Bertz CT molecular complexity index is 396. The van der Waals surface area contributed by atoms with Crippen molar-refractivity contribution in [2.45, 2.75) is 11.6 Å². The summed E-state index contributed by atoms with van der Waals surface area (Å²) in [6, 6.07) is 2.83. The molecule has 0 aliphatic rings. The molecule has 1 heterocycles. The van der Waals surface area contributed by atoms with Crippen molar-refractivity contribution >= 4 is 10.0 Å². The second-order valence-electron chi connectivity index (χ2n) is 2.84. The Kier molecular flexibility index (Phi) is 3.27. The first kappa shape index (κ1) is 11.2. The highest BCUT2D eigenvalue weighted by Crippen LogP contribution is 2.16. The minimum Gasteiger partial charge on any atom is -0.447 e. The maximum absolute atomic E-state index is 11.5. The molecule has 0 aromatic carbocycles. The molecule has 1 rings (SSSR count). The highest BCUT2D eigenvalue weighted by molar-refractivity contribution is 7.88. The first-order valence-corrected chi connectivity index (χ1v) is 5.30. The molecule has 0 amide bonds. The number of rotatable bonds is 4. The van der Waals surface area contributed by atoms with Gasteiger partial charge in [-0.15, -0.1) is 0 Å². The summed E-state index contributed by atoms with van der Waals surface area (Å²) in [4.78, 5) is 0. The largest absolute Gasteiger partial charge is 0.447 e. The lowest BCUT2D eigenvalue weighted by Gasteiger charge is -2.07. The van der Waals surface area contributed by atoms with Gasteiger partial charge in [-0.25, -0.2) is 12.7 Å². The Morgan fingerprint density at radius 1 is 1.50 bits per heavy atom. The fourth-order valence-electron chi connectivity index (χ4n) is 0.850. The van der Waals surface area contributed by atoms with Crippen molar-refractivity contribution in [2.24, 2.45) is 0 Å². The van der Waals surface area contributed by atoms with Crippen LogP contribution in [0.1, 0.15) is 5.76 Å². The Morgan fingerprint density at radius 3 is 2.64 bits per heavy atom. The summed E-state index contributed by atoms with van der Waals surface area (Å²) in [7, 11) is -0.680. The average Bonchev–Trinajstić information content (AvgIpc) is 2.53.